The van der Waals surface area contributed by atoms with Crippen LogP contribution in [-0.4, -0.2) is 46.3 Å². The third-order valence-electron chi connectivity index (χ3n) is 3.63. The van der Waals surface area contributed by atoms with Crippen molar-refractivity contribution < 1.29 is 4.79 Å². The van der Waals surface area contributed by atoms with Gasteiger partial charge in [-0.1, -0.05) is 0 Å². The van der Waals surface area contributed by atoms with E-state index in [1.54, 1.807) is 0 Å². The highest BCUT2D eigenvalue weighted by molar-refractivity contribution is 9.10. The minimum absolute atomic E-state index is 0.317. The summed E-state index contributed by atoms with van der Waals surface area (Å²) in [5.41, 5.74) is 0. The molecule has 2 fully saturated rings. The minimum atomic E-state index is 0.317. The Labute approximate surface area is 108 Å². The number of carbonyl (C=O) groups is 1. The molecule has 0 N–H and O–H groups in total. The lowest BCUT2D eigenvalue weighted by molar-refractivity contribution is -0.129. The number of carbonyl (C=O) groups excluding carboxylic acids is 1. The van der Waals surface area contributed by atoms with Gasteiger partial charge >= 0.3 is 0 Å². The zero-order valence-corrected chi connectivity index (χ0v) is 11.4. The molecule has 92 valence electrons. The van der Waals surface area contributed by atoms with Crippen molar-refractivity contribution in [3.05, 3.63) is 10.7 Å². The summed E-state index contributed by atoms with van der Waals surface area (Å²) in [6, 6.07) is 2.42. The summed E-state index contributed by atoms with van der Waals surface area (Å²) >= 11 is 3.46. The molecule has 5 nitrogen and oxygen atoms in total. The normalized spacial score (nSPS) is 24.4. The van der Waals surface area contributed by atoms with E-state index in [0.717, 1.165) is 36.5 Å². The predicted octanol–water partition coefficient (Wildman–Crippen LogP) is 0.994. The lowest BCUT2D eigenvalue weighted by Gasteiger charge is -2.37. The van der Waals surface area contributed by atoms with E-state index in [-0.39, 0.29) is 0 Å². The van der Waals surface area contributed by atoms with Gasteiger partial charge in [0.05, 0.1) is 0 Å². The Balaban J connectivity index is 1.77. The first-order valence-corrected chi connectivity index (χ1v) is 6.68. The molecule has 0 saturated carbocycles. The summed E-state index contributed by atoms with van der Waals surface area (Å²) in [5, 5.41) is 4.46. The van der Waals surface area contributed by atoms with Crippen LogP contribution >= 0.6 is 15.9 Å². The molecule has 0 radical (unpaired) electrons. The maximum atomic E-state index is 11.6. The Hall–Kier alpha value is -1.04. The summed E-state index contributed by atoms with van der Waals surface area (Å²) in [5.74, 6) is 1.32. The van der Waals surface area contributed by atoms with Gasteiger partial charge in [-0.2, -0.15) is 5.10 Å². The number of aryl methyl sites for hydroxylation is 1. The SMILES string of the molecule is Cn1nc(N2CCN3C(=O)CCC3C2)cc1Br. The van der Waals surface area contributed by atoms with Crippen molar-refractivity contribution in [2.75, 3.05) is 24.5 Å². The quantitative estimate of drug-likeness (QED) is 0.776. The first kappa shape index (κ1) is 11.1. The van der Waals surface area contributed by atoms with Gasteiger partial charge in [0, 0.05) is 45.2 Å². The number of aromatic nitrogens is 2. The number of nitrogens with zero attached hydrogens (tertiary/aromatic N) is 4. The fourth-order valence-corrected chi connectivity index (χ4v) is 2.94. The molecule has 0 aromatic carbocycles. The van der Waals surface area contributed by atoms with E-state index in [9.17, 15) is 4.79 Å². The third-order valence-corrected chi connectivity index (χ3v) is 4.37. The molecule has 1 aromatic heterocycles. The van der Waals surface area contributed by atoms with Crippen LogP contribution in [0.2, 0.25) is 0 Å². The van der Waals surface area contributed by atoms with Crippen molar-refractivity contribution >= 4 is 27.7 Å². The molecule has 1 unspecified atom stereocenters. The van der Waals surface area contributed by atoms with Crippen molar-refractivity contribution in [1.29, 1.82) is 0 Å². The van der Waals surface area contributed by atoms with Crippen molar-refractivity contribution in [3.63, 3.8) is 0 Å². The fourth-order valence-electron chi connectivity index (χ4n) is 2.66. The molecule has 2 aliphatic rings. The van der Waals surface area contributed by atoms with E-state index in [0.29, 0.717) is 18.4 Å². The second-order valence-corrected chi connectivity index (χ2v) is 5.49. The van der Waals surface area contributed by atoms with Crippen LogP contribution in [0.25, 0.3) is 0 Å². The molecule has 3 rings (SSSR count). The van der Waals surface area contributed by atoms with Gasteiger partial charge in [-0.05, 0) is 22.4 Å². The number of fused-ring (bicyclic) bond motifs is 1. The highest BCUT2D eigenvalue weighted by atomic mass is 79.9. The highest BCUT2D eigenvalue weighted by Crippen LogP contribution is 2.26. The second-order valence-electron chi connectivity index (χ2n) is 4.67. The molecule has 0 aliphatic carbocycles. The van der Waals surface area contributed by atoms with Gasteiger partial charge in [0.15, 0.2) is 5.82 Å². The number of piperazine rings is 1. The summed E-state index contributed by atoms with van der Waals surface area (Å²) < 4.78 is 2.80. The van der Waals surface area contributed by atoms with Gasteiger partial charge in [-0.15, -0.1) is 0 Å². The van der Waals surface area contributed by atoms with Gasteiger partial charge in [-0.25, -0.2) is 0 Å². The zero-order chi connectivity index (χ0) is 12.0. The van der Waals surface area contributed by atoms with Crippen LogP contribution in [0.1, 0.15) is 12.8 Å². The van der Waals surface area contributed by atoms with E-state index < -0.39 is 0 Å². The number of amides is 1. The maximum Gasteiger partial charge on any atom is 0.223 e. The maximum absolute atomic E-state index is 11.6. The largest absolute Gasteiger partial charge is 0.351 e. The second kappa shape index (κ2) is 4.01. The van der Waals surface area contributed by atoms with Crippen LogP contribution in [0.15, 0.2) is 10.7 Å². The average molecular weight is 299 g/mol. The molecule has 0 bridgehead atoms. The highest BCUT2D eigenvalue weighted by Gasteiger charge is 2.36. The fraction of sp³-hybridized carbons (Fsp3) is 0.636. The predicted molar refractivity (Wildman–Crippen MR) is 67.9 cm³/mol. The molecule has 17 heavy (non-hydrogen) atoms. The topological polar surface area (TPSA) is 41.4 Å². The Morgan fingerprint density at radius 2 is 2.29 bits per heavy atom. The molecular formula is C11H15BrN4O. The van der Waals surface area contributed by atoms with Gasteiger partial charge < -0.3 is 9.80 Å². The molecule has 3 heterocycles. The Morgan fingerprint density at radius 3 is 3.00 bits per heavy atom. The molecular weight excluding hydrogens is 284 g/mol. The van der Waals surface area contributed by atoms with Crippen molar-refractivity contribution in [3.8, 4) is 0 Å². The first-order valence-electron chi connectivity index (χ1n) is 5.89. The number of hydrogen-bond acceptors (Lipinski definition) is 3. The van der Waals surface area contributed by atoms with Crippen molar-refractivity contribution in [1.82, 2.24) is 14.7 Å². The smallest absolute Gasteiger partial charge is 0.223 e. The molecule has 2 saturated heterocycles. The number of halogens is 1. The van der Waals surface area contributed by atoms with Crippen LogP contribution in [0.3, 0.4) is 0 Å². The number of rotatable bonds is 1. The minimum Gasteiger partial charge on any atom is -0.351 e. The van der Waals surface area contributed by atoms with Gasteiger partial charge in [0.1, 0.15) is 4.60 Å². The van der Waals surface area contributed by atoms with Crippen LogP contribution in [0, 0.1) is 0 Å². The zero-order valence-electron chi connectivity index (χ0n) is 9.77. The van der Waals surface area contributed by atoms with Gasteiger partial charge in [-0.3, -0.25) is 9.48 Å². The number of hydrogen-bond donors (Lipinski definition) is 0. The van der Waals surface area contributed by atoms with Crippen molar-refractivity contribution in [2.45, 2.75) is 18.9 Å². The van der Waals surface area contributed by atoms with Gasteiger partial charge in [0.2, 0.25) is 5.91 Å². The van der Waals surface area contributed by atoms with E-state index in [1.807, 2.05) is 22.7 Å². The summed E-state index contributed by atoms with van der Waals surface area (Å²) in [4.78, 5) is 15.9. The standard InChI is InChI=1S/C11H15BrN4O/c1-14-9(12)6-10(13-14)15-4-5-16-8(7-15)2-3-11(16)17/h6,8H,2-5,7H2,1H3. The monoisotopic (exact) mass is 298 g/mol. The average Bonchev–Trinajstić information content (AvgIpc) is 2.84. The first-order chi connectivity index (χ1) is 8.15. The summed E-state index contributed by atoms with van der Waals surface area (Å²) in [6.07, 6.45) is 1.70. The molecule has 1 amide bonds. The Kier molecular flexibility index (Phi) is 2.61. The Morgan fingerprint density at radius 1 is 1.47 bits per heavy atom. The molecule has 1 atom stereocenters. The van der Waals surface area contributed by atoms with E-state index in [4.69, 9.17) is 0 Å². The Bertz CT molecular complexity index is 439. The third kappa shape index (κ3) is 1.84. The van der Waals surface area contributed by atoms with Crippen LogP contribution < -0.4 is 4.90 Å². The van der Waals surface area contributed by atoms with E-state index in [1.165, 1.54) is 0 Å². The molecule has 1 aromatic rings. The molecule has 2 aliphatic heterocycles. The molecule has 0 spiro atoms. The van der Waals surface area contributed by atoms with E-state index in [2.05, 4.69) is 25.9 Å². The number of anilines is 1. The lowest BCUT2D eigenvalue weighted by Crippen LogP contribution is -2.51. The van der Waals surface area contributed by atoms with Crippen molar-refractivity contribution in [2.24, 2.45) is 7.05 Å². The van der Waals surface area contributed by atoms with Gasteiger partial charge in [0.25, 0.3) is 0 Å². The van der Waals surface area contributed by atoms with E-state index >= 15 is 0 Å². The van der Waals surface area contributed by atoms with Crippen LogP contribution in [0.4, 0.5) is 5.82 Å². The van der Waals surface area contributed by atoms with Crippen LogP contribution in [0.5, 0.6) is 0 Å². The van der Waals surface area contributed by atoms with Crippen LogP contribution in [-0.2, 0) is 11.8 Å². The summed E-state index contributed by atoms with van der Waals surface area (Å²) in [6.45, 7) is 2.62. The molecule has 6 heteroatoms. The summed E-state index contributed by atoms with van der Waals surface area (Å²) in [7, 11) is 1.92. The lowest BCUT2D eigenvalue weighted by atomic mass is 10.1.